The third kappa shape index (κ3) is 1.33. The second-order valence-electron chi connectivity index (χ2n) is 3.76. The number of H-pyrrole nitrogens is 1. The lowest BCUT2D eigenvalue weighted by Crippen LogP contribution is -1.84. The van der Waals surface area contributed by atoms with E-state index >= 15 is 0 Å². The van der Waals surface area contributed by atoms with Crippen molar-refractivity contribution in [2.24, 2.45) is 7.05 Å². The summed E-state index contributed by atoms with van der Waals surface area (Å²) < 4.78 is 1.75. The molecule has 3 rings (SSSR count). The summed E-state index contributed by atoms with van der Waals surface area (Å²) >= 11 is 0. The molecule has 16 heavy (non-hydrogen) atoms. The van der Waals surface area contributed by atoms with Crippen LogP contribution in [0.5, 0.6) is 0 Å². The van der Waals surface area contributed by atoms with Gasteiger partial charge in [0.05, 0.1) is 22.8 Å². The highest BCUT2D eigenvalue weighted by molar-refractivity contribution is 5.81. The van der Waals surface area contributed by atoms with E-state index in [1.807, 2.05) is 31.4 Å². The van der Waals surface area contributed by atoms with Gasteiger partial charge < -0.3 is 10.7 Å². The number of fused-ring (bicyclic) bond motifs is 1. The molecule has 1 aromatic carbocycles. The minimum atomic E-state index is 0.730. The van der Waals surface area contributed by atoms with Crippen molar-refractivity contribution in [1.29, 1.82) is 0 Å². The van der Waals surface area contributed by atoms with Gasteiger partial charge in [0.2, 0.25) is 0 Å². The number of aryl methyl sites for hydroxylation is 1. The average Bonchev–Trinajstić information content (AvgIpc) is 2.83. The third-order valence-corrected chi connectivity index (χ3v) is 2.48. The topological polar surface area (TPSA) is 72.5 Å². The first-order valence-corrected chi connectivity index (χ1v) is 4.96. The van der Waals surface area contributed by atoms with Crippen LogP contribution in [0.2, 0.25) is 0 Å². The molecular formula is C11H11N5. The molecule has 0 fully saturated rings. The highest BCUT2D eigenvalue weighted by Crippen LogP contribution is 2.21. The molecule has 0 aliphatic heterocycles. The van der Waals surface area contributed by atoms with Gasteiger partial charge in [-0.15, -0.1) is 0 Å². The molecule has 80 valence electrons. The van der Waals surface area contributed by atoms with Gasteiger partial charge in [0, 0.05) is 18.9 Å². The number of anilines is 1. The number of aromatic amines is 1. The molecule has 0 aliphatic carbocycles. The van der Waals surface area contributed by atoms with Crippen LogP contribution < -0.4 is 5.73 Å². The molecule has 0 radical (unpaired) electrons. The van der Waals surface area contributed by atoms with Gasteiger partial charge in [0.25, 0.3) is 0 Å². The fourth-order valence-electron chi connectivity index (χ4n) is 1.71. The summed E-state index contributed by atoms with van der Waals surface area (Å²) in [4.78, 5) is 7.69. The van der Waals surface area contributed by atoms with E-state index in [1.54, 1.807) is 10.9 Å². The number of imidazole rings is 1. The SMILES string of the molecule is Cn1cc(-c2nc3ccc(N)cc3[nH]2)cn1. The highest BCUT2D eigenvalue weighted by Gasteiger charge is 2.06. The van der Waals surface area contributed by atoms with Crippen molar-refractivity contribution in [3.63, 3.8) is 0 Å². The molecule has 3 aromatic rings. The molecule has 0 bridgehead atoms. The normalized spacial score (nSPS) is 11.1. The summed E-state index contributed by atoms with van der Waals surface area (Å²) in [6.45, 7) is 0. The number of rotatable bonds is 1. The number of hydrogen-bond acceptors (Lipinski definition) is 3. The van der Waals surface area contributed by atoms with Crippen molar-refractivity contribution in [3.8, 4) is 11.4 Å². The number of nitrogen functional groups attached to an aromatic ring is 1. The standard InChI is InChI=1S/C11H11N5/c1-16-6-7(5-13-16)11-14-9-3-2-8(12)4-10(9)15-11/h2-6H,12H2,1H3,(H,14,15). The minimum Gasteiger partial charge on any atom is -0.399 e. The Morgan fingerprint density at radius 3 is 3.00 bits per heavy atom. The van der Waals surface area contributed by atoms with E-state index in [0.717, 1.165) is 28.1 Å². The van der Waals surface area contributed by atoms with Crippen molar-refractivity contribution >= 4 is 16.7 Å². The second kappa shape index (κ2) is 3.10. The van der Waals surface area contributed by atoms with Gasteiger partial charge in [-0.2, -0.15) is 5.10 Å². The Morgan fingerprint density at radius 2 is 2.25 bits per heavy atom. The molecule has 0 unspecified atom stereocenters. The van der Waals surface area contributed by atoms with E-state index in [4.69, 9.17) is 5.73 Å². The van der Waals surface area contributed by atoms with Crippen molar-refractivity contribution in [2.75, 3.05) is 5.73 Å². The Balaban J connectivity index is 2.18. The van der Waals surface area contributed by atoms with Crippen LogP contribution >= 0.6 is 0 Å². The monoisotopic (exact) mass is 213 g/mol. The third-order valence-electron chi connectivity index (χ3n) is 2.48. The van der Waals surface area contributed by atoms with Crippen LogP contribution in [0, 0.1) is 0 Å². The summed E-state index contributed by atoms with van der Waals surface area (Å²) in [7, 11) is 1.88. The molecule has 2 heterocycles. The number of hydrogen-bond donors (Lipinski definition) is 2. The van der Waals surface area contributed by atoms with Crippen LogP contribution in [0.4, 0.5) is 5.69 Å². The van der Waals surface area contributed by atoms with Crippen molar-refractivity contribution in [1.82, 2.24) is 19.7 Å². The zero-order chi connectivity index (χ0) is 11.1. The second-order valence-corrected chi connectivity index (χ2v) is 3.76. The predicted octanol–water partition coefficient (Wildman–Crippen LogP) is 1.55. The number of benzene rings is 1. The number of nitrogens with two attached hydrogens (primary N) is 1. The Labute approximate surface area is 91.9 Å². The molecule has 0 atom stereocenters. The molecule has 0 saturated carbocycles. The Bertz CT molecular complexity index is 649. The molecule has 0 spiro atoms. The van der Waals surface area contributed by atoms with Gasteiger partial charge in [-0.05, 0) is 18.2 Å². The first kappa shape index (κ1) is 8.96. The van der Waals surface area contributed by atoms with Gasteiger partial charge >= 0.3 is 0 Å². The van der Waals surface area contributed by atoms with Crippen LogP contribution in [0.1, 0.15) is 0 Å². The molecule has 2 aromatic heterocycles. The van der Waals surface area contributed by atoms with Gasteiger partial charge in [0.15, 0.2) is 0 Å². The average molecular weight is 213 g/mol. The van der Waals surface area contributed by atoms with Crippen molar-refractivity contribution < 1.29 is 0 Å². The molecule has 5 nitrogen and oxygen atoms in total. The van der Waals surface area contributed by atoms with Gasteiger partial charge in [0.1, 0.15) is 5.82 Å². The van der Waals surface area contributed by atoms with Gasteiger partial charge in [-0.3, -0.25) is 4.68 Å². The Morgan fingerprint density at radius 1 is 1.38 bits per heavy atom. The van der Waals surface area contributed by atoms with Gasteiger partial charge in [-0.1, -0.05) is 0 Å². The van der Waals surface area contributed by atoms with Crippen LogP contribution in [0.25, 0.3) is 22.4 Å². The zero-order valence-electron chi connectivity index (χ0n) is 8.81. The summed E-state index contributed by atoms with van der Waals surface area (Å²) in [6, 6.07) is 5.62. The number of aromatic nitrogens is 4. The van der Waals surface area contributed by atoms with Crippen molar-refractivity contribution in [3.05, 3.63) is 30.6 Å². The van der Waals surface area contributed by atoms with Crippen LogP contribution in [-0.2, 0) is 7.05 Å². The predicted molar refractivity (Wildman–Crippen MR) is 62.7 cm³/mol. The summed E-state index contributed by atoms with van der Waals surface area (Å²) in [5, 5.41) is 4.11. The molecular weight excluding hydrogens is 202 g/mol. The van der Waals surface area contributed by atoms with Crippen LogP contribution in [-0.4, -0.2) is 19.7 Å². The summed E-state index contributed by atoms with van der Waals surface area (Å²) in [5.41, 5.74) is 9.27. The smallest absolute Gasteiger partial charge is 0.141 e. The maximum Gasteiger partial charge on any atom is 0.141 e. The first-order valence-electron chi connectivity index (χ1n) is 4.96. The highest BCUT2D eigenvalue weighted by atomic mass is 15.2. The number of nitrogens with one attached hydrogen (secondary N) is 1. The van der Waals surface area contributed by atoms with Gasteiger partial charge in [-0.25, -0.2) is 4.98 Å². The molecule has 0 saturated heterocycles. The van der Waals surface area contributed by atoms with E-state index in [1.165, 1.54) is 0 Å². The lowest BCUT2D eigenvalue weighted by Gasteiger charge is -1.89. The van der Waals surface area contributed by atoms with E-state index in [2.05, 4.69) is 15.1 Å². The van der Waals surface area contributed by atoms with E-state index in [-0.39, 0.29) is 0 Å². The fraction of sp³-hybridized carbons (Fsp3) is 0.0909. The van der Waals surface area contributed by atoms with Crippen molar-refractivity contribution in [2.45, 2.75) is 0 Å². The largest absolute Gasteiger partial charge is 0.399 e. The minimum absolute atomic E-state index is 0.730. The molecule has 0 amide bonds. The molecule has 3 N–H and O–H groups in total. The lowest BCUT2D eigenvalue weighted by molar-refractivity contribution is 0.768. The van der Waals surface area contributed by atoms with E-state index < -0.39 is 0 Å². The Kier molecular flexibility index (Phi) is 1.73. The zero-order valence-corrected chi connectivity index (χ0v) is 8.81. The summed E-state index contributed by atoms with van der Waals surface area (Å²) in [6.07, 6.45) is 3.70. The van der Waals surface area contributed by atoms with E-state index in [9.17, 15) is 0 Å². The maximum absolute atomic E-state index is 5.71. The Hall–Kier alpha value is -2.30. The molecule has 5 heteroatoms. The van der Waals surface area contributed by atoms with Crippen LogP contribution in [0.3, 0.4) is 0 Å². The number of nitrogens with zero attached hydrogens (tertiary/aromatic N) is 3. The summed E-state index contributed by atoms with van der Waals surface area (Å²) in [5.74, 6) is 0.814. The quantitative estimate of drug-likeness (QED) is 0.602. The lowest BCUT2D eigenvalue weighted by atomic mass is 10.3. The first-order chi connectivity index (χ1) is 7.72. The molecule has 0 aliphatic rings. The van der Waals surface area contributed by atoms with E-state index in [0.29, 0.717) is 0 Å². The maximum atomic E-state index is 5.71. The van der Waals surface area contributed by atoms with Crippen LogP contribution in [0.15, 0.2) is 30.6 Å². The fourth-order valence-corrected chi connectivity index (χ4v) is 1.71.